The molecule has 1 fully saturated rings. The average Bonchev–Trinajstić information content (AvgIpc) is 3.71. The van der Waals surface area contributed by atoms with Gasteiger partial charge in [0.2, 0.25) is 12.7 Å². The average molecular weight is 598 g/mol. The van der Waals surface area contributed by atoms with Gasteiger partial charge in [0.1, 0.15) is 17.8 Å². The molecule has 0 spiro atoms. The second-order valence-electron chi connectivity index (χ2n) is 10.9. The highest BCUT2D eigenvalue weighted by atomic mass is 16.7. The minimum Gasteiger partial charge on any atom is -0.466 e. The Morgan fingerprint density at radius 3 is 2.57 bits per heavy atom. The van der Waals surface area contributed by atoms with Gasteiger partial charge in [-0.05, 0) is 67.3 Å². The molecule has 1 saturated heterocycles. The number of hydrogen-bond acceptors (Lipinski definition) is 9. The van der Waals surface area contributed by atoms with Gasteiger partial charge in [-0.1, -0.05) is 36.4 Å². The van der Waals surface area contributed by atoms with E-state index in [1.807, 2.05) is 72.8 Å². The van der Waals surface area contributed by atoms with E-state index in [0.717, 1.165) is 34.8 Å². The van der Waals surface area contributed by atoms with E-state index in [9.17, 15) is 9.59 Å². The van der Waals surface area contributed by atoms with Crippen LogP contribution in [0.2, 0.25) is 0 Å². The Morgan fingerprint density at radius 2 is 1.73 bits per heavy atom. The van der Waals surface area contributed by atoms with Crippen LogP contribution in [0.3, 0.4) is 0 Å². The van der Waals surface area contributed by atoms with E-state index in [0.29, 0.717) is 57.4 Å². The molecule has 10 heteroatoms. The summed E-state index contributed by atoms with van der Waals surface area (Å²) in [7, 11) is 0. The molecule has 2 aliphatic rings. The van der Waals surface area contributed by atoms with Crippen molar-refractivity contribution >= 4 is 11.9 Å². The zero-order chi connectivity index (χ0) is 30.3. The normalized spacial score (nSPS) is 15.8. The lowest BCUT2D eigenvalue weighted by atomic mass is 9.98. The molecule has 0 bridgehead atoms. The minimum atomic E-state index is -0.321. The third-order valence-electron chi connectivity index (χ3n) is 7.58. The first-order valence-corrected chi connectivity index (χ1v) is 14.9. The first-order chi connectivity index (χ1) is 21.5. The van der Waals surface area contributed by atoms with Gasteiger partial charge >= 0.3 is 5.97 Å². The maximum Gasteiger partial charge on any atom is 0.310 e. The lowest BCUT2D eigenvalue weighted by Gasteiger charge is -2.30. The number of nitrogens with zero attached hydrogens (tertiary/aromatic N) is 3. The van der Waals surface area contributed by atoms with Gasteiger partial charge in [0.25, 0.3) is 5.91 Å². The van der Waals surface area contributed by atoms with E-state index in [1.165, 1.54) is 6.26 Å². The Balaban J connectivity index is 1.17. The summed E-state index contributed by atoms with van der Waals surface area (Å²) < 4.78 is 28.1. The number of oxazole rings is 1. The number of rotatable bonds is 11. The number of aromatic nitrogens is 1. The number of piperidine rings is 1. The topological polar surface area (TPSA) is 104 Å². The van der Waals surface area contributed by atoms with E-state index < -0.39 is 0 Å². The summed E-state index contributed by atoms with van der Waals surface area (Å²) in [6.07, 6.45) is 2.84. The summed E-state index contributed by atoms with van der Waals surface area (Å²) in [6, 6.07) is 23.5. The van der Waals surface area contributed by atoms with Gasteiger partial charge in [0.15, 0.2) is 17.2 Å². The standard InChI is InChI=1S/C34H35N3O7/c1-2-40-34(39)26-9-7-15-37(20-26)33(38)29-22-41-32(35-29)21-36(19-25-13-14-30-31(17-25)43-23-42-30)18-24-8-6-12-28(16-24)44-27-10-4-3-5-11-27/h3-6,8,10-14,16-17,22,26H,2,7,9,15,18-21,23H2,1H3/t26-/m0/s1. The number of benzene rings is 3. The molecule has 1 amide bonds. The molecule has 0 radical (unpaired) electrons. The van der Waals surface area contributed by atoms with Gasteiger partial charge < -0.3 is 28.3 Å². The highest BCUT2D eigenvalue weighted by Crippen LogP contribution is 2.33. The molecule has 3 aromatic carbocycles. The van der Waals surface area contributed by atoms with Gasteiger partial charge in [-0.3, -0.25) is 14.5 Å². The van der Waals surface area contributed by atoms with Crippen LogP contribution in [0.5, 0.6) is 23.0 Å². The summed E-state index contributed by atoms with van der Waals surface area (Å²) in [5.41, 5.74) is 2.30. The molecule has 0 aliphatic carbocycles. The van der Waals surface area contributed by atoms with Crippen LogP contribution in [0.4, 0.5) is 0 Å². The van der Waals surface area contributed by atoms with E-state index in [1.54, 1.807) is 11.8 Å². The van der Waals surface area contributed by atoms with Crippen molar-refractivity contribution in [2.45, 2.75) is 39.4 Å². The molecule has 10 nitrogen and oxygen atoms in total. The zero-order valence-corrected chi connectivity index (χ0v) is 24.6. The fourth-order valence-electron chi connectivity index (χ4n) is 5.50. The zero-order valence-electron chi connectivity index (χ0n) is 24.6. The third-order valence-corrected chi connectivity index (χ3v) is 7.58. The van der Waals surface area contributed by atoms with Crippen LogP contribution in [-0.4, -0.2) is 53.1 Å². The number of likely N-dealkylation sites (tertiary alicyclic amines) is 1. The monoisotopic (exact) mass is 597 g/mol. The lowest BCUT2D eigenvalue weighted by Crippen LogP contribution is -2.43. The maximum absolute atomic E-state index is 13.3. The molecular formula is C34H35N3O7. The third kappa shape index (κ3) is 7.20. The van der Waals surface area contributed by atoms with E-state index >= 15 is 0 Å². The van der Waals surface area contributed by atoms with Gasteiger partial charge in [-0.15, -0.1) is 0 Å². The molecule has 6 rings (SSSR count). The van der Waals surface area contributed by atoms with Crippen molar-refractivity contribution < 1.29 is 33.0 Å². The van der Waals surface area contributed by atoms with Crippen molar-refractivity contribution in [3.8, 4) is 23.0 Å². The van der Waals surface area contributed by atoms with Crippen LogP contribution in [-0.2, 0) is 29.2 Å². The highest BCUT2D eigenvalue weighted by Gasteiger charge is 2.31. The molecule has 44 heavy (non-hydrogen) atoms. The Kier molecular flexibility index (Phi) is 9.07. The number of esters is 1. The van der Waals surface area contributed by atoms with E-state index in [4.69, 9.17) is 23.4 Å². The van der Waals surface area contributed by atoms with Crippen LogP contribution < -0.4 is 14.2 Å². The summed E-state index contributed by atoms with van der Waals surface area (Å²) >= 11 is 0. The minimum absolute atomic E-state index is 0.210. The van der Waals surface area contributed by atoms with Crippen molar-refractivity contribution in [3.63, 3.8) is 0 Å². The van der Waals surface area contributed by atoms with Crippen molar-refractivity contribution in [1.29, 1.82) is 0 Å². The fourth-order valence-corrected chi connectivity index (χ4v) is 5.50. The number of para-hydroxylation sites is 1. The van der Waals surface area contributed by atoms with Crippen molar-refractivity contribution in [2.24, 2.45) is 5.92 Å². The molecule has 0 unspecified atom stereocenters. The van der Waals surface area contributed by atoms with E-state index in [-0.39, 0.29) is 30.3 Å². The molecule has 1 aromatic heterocycles. The molecule has 1 atom stereocenters. The molecule has 4 aromatic rings. The number of ether oxygens (including phenoxy) is 4. The van der Waals surface area contributed by atoms with Gasteiger partial charge in [-0.25, -0.2) is 4.98 Å². The molecular weight excluding hydrogens is 562 g/mol. The fraction of sp³-hybridized carbons (Fsp3) is 0.324. The summed E-state index contributed by atoms with van der Waals surface area (Å²) in [6.45, 7) is 4.69. The molecule has 3 heterocycles. The Bertz CT molecular complexity index is 1590. The predicted octanol–water partition coefficient (Wildman–Crippen LogP) is 5.81. The second-order valence-corrected chi connectivity index (χ2v) is 10.9. The smallest absolute Gasteiger partial charge is 0.310 e. The molecule has 0 N–H and O–H groups in total. The Morgan fingerprint density at radius 1 is 0.932 bits per heavy atom. The number of hydrogen-bond donors (Lipinski definition) is 0. The summed E-state index contributed by atoms with van der Waals surface area (Å²) in [4.78, 5) is 34.0. The maximum atomic E-state index is 13.3. The Hall–Kier alpha value is -4.83. The van der Waals surface area contributed by atoms with Gasteiger partial charge in [-0.2, -0.15) is 0 Å². The molecule has 2 aliphatic heterocycles. The van der Waals surface area contributed by atoms with Crippen molar-refractivity contribution in [1.82, 2.24) is 14.8 Å². The van der Waals surface area contributed by atoms with Crippen molar-refractivity contribution in [2.75, 3.05) is 26.5 Å². The SMILES string of the molecule is CCOC(=O)[C@H]1CCCN(C(=O)c2coc(CN(Cc3cccc(Oc4ccccc4)c3)Cc3ccc4c(c3)OCO4)n2)C1. The predicted molar refractivity (Wildman–Crippen MR) is 160 cm³/mol. The highest BCUT2D eigenvalue weighted by molar-refractivity contribution is 5.92. The number of carbonyl (C=O) groups excluding carboxylic acids is 2. The quantitative estimate of drug-likeness (QED) is 0.198. The van der Waals surface area contributed by atoms with Crippen LogP contribution in [0.25, 0.3) is 0 Å². The van der Waals surface area contributed by atoms with E-state index in [2.05, 4.69) is 9.88 Å². The van der Waals surface area contributed by atoms with Crippen LogP contribution in [0.15, 0.2) is 83.5 Å². The largest absolute Gasteiger partial charge is 0.466 e. The first-order valence-electron chi connectivity index (χ1n) is 14.9. The van der Waals surface area contributed by atoms with Crippen LogP contribution >= 0.6 is 0 Å². The molecule has 228 valence electrons. The number of fused-ring (bicyclic) bond motifs is 1. The van der Waals surface area contributed by atoms with Crippen LogP contribution in [0.1, 0.15) is 47.3 Å². The summed E-state index contributed by atoms with van der Waals surface area (Å²) in [5.74, 6) is 2.54. The van der Waals surface area contributed by atoms with Crippen LogP contribution in [0, 0.1) is 5.92 Å². The molecule has 0 saturated carbocycles. The first kappa shape index (κ1) is 29.3. The van der Waals surface area contributed by atoms with Crippen molar-refractivity contribution in [3.05, 3.63) is 102 Å². The summed E-state index contributed by atoms with van der Waals surface area (Å²) in [5, 5.41) is 0. The van der Waals surface area contributed by atoms with Gasteiger partial charge in [0, 0.05) is 26.2 Å². The Labute approximate surface area is 256 Å². The second kappa shape index (κ2) is 13.6. The van der Waals surface area contributed by atoms with Gasteiger partial charge in [0.05, 0.1) is 19.1 Å². The number of carbonyl (C=O) groups is 2. The number of amides is 1. The lowest BCUT2D eigenvalue weighted by molar-refractivity contribution is -0.149.